The van der Waals surface area contributed by atoms with Crippen LogP contribution < -0.4 is 5.73 Å². The maximum absolute atomic E-state index is 12.4. The van der Waals surface area contributed by atoms with E-state index < -0.39 is 0 Å². The Morgan fingerprint density at radius 3 is 2.61 bits per heavy atom. The minimum Gasteiger partial charge on any atom is -0.337 e. The van der Waals surface area contributed by atoms with E-state index in [0.717, 1.165) is 38.9 Å². The van der Waals surface area contributed by atoms with Gasteiger partial charge in [-0.2, -0.15) is 0 Å². The highest BCUT2D eigenvalue weighted by Crippen LogP contribution is 2.29. The van der Waals surface area contributed by atoms with E-state index in [1.165, 1.54) is 0 Å². The van der Waals surface area contributed by atoms with Crippen LogP contribution >= 0.6 is 0 Å². The summed E-state index contributed by atoms with van der Waals surface area (Å²) in [6.45, 7) is 7.32. The zero-order chi connectivity index (χ0) is 13.3. The number of carbonyl (C=O) groups excluding carboxylic acids is 1. The zero-order valence-electron chi connectivity index (χ0n) is 12.0. The van der Waals surface area contributed by atoms with Gasteiger partial charge in [0.1, 0.15) is 0 Å². The molecule has 2 fully saturated rings. The lowest BCUT2D eigenvalue weighted by molar-refractivity contribution is -0.139. The summed E-state index contributed by atoms with van der Waals surface area (Å²) in [5.41, 5.74) is 5.94. The van der Waals surface area contributed by atoms with E-state index in [4.69, 9.17) is 5.73 Å². The molecular formula is C14H27N3O. The maximum atomic E-state index is 12.4. The molecule has 0 aliphatic carbocycles. The zero-order valence-corrected chi connectivity index (χ0v) is 12.0. The molecule has 2 heterocycles. The molecule has 2 rings (SSSR count). The van der Waals surface area contributed by atoms with Crippen LogP contribution in [0.4, 0.5) is 0 Å². The Morgan fingerprint density at radius 1 is 1.33 bits per heavy atom. The molecule has 2 unspecified atom stereocenters. The van der Waals surface area contributed by atoms with Crippen LogP contribution in [0.5, 0.6) is 0 Å². The Balaban J connectivity index is 1.92. The second kappa shape index (κ2) is 5.17. The van der Waals surface area contributed by atoms with Gasteiger partial charge in [0.05, 0.1) is 0 Å². The molecule has 2 N–H and O–H groups in total. The van der Waals surface area contributed by atoms with Gasteiger partial charge < -0.3 is 15.5 Å². The monoisotopic (exact) mass is 253 g/mol. The molecule has 0 aromatic rings. The van der Waals surface area contributed by atoms with Crippen LogP contribution in [-0.4, -0.2) is 54.0 Å². The first-order valence-electron chi connectivity index (χ1n) is 7.13. The van der Waals surface area contributed by atoms with E-state index in [1.807, 2.05) is 0 Å². The summed E-state index contributed by atoms with van der Waals surface area (Å²) in [7, 11) is 2.13. The van der Waals surface area contributed by atoms with E-state index in [1.54, 1.807) is 0 Å². The number of rotatable bonds is 2. The largest absolute Gasteiger partial charge is 0.337 e. The highest BCUT2D eigenvalue weighted by molar-refractivity contribution is 5.77. The quantitative estimate of drug-likeness (QED) is 0.800. The van der Waals surface area contributed by atoms with Gasteiger partial charge in [-0.3, -0.25) is 4.79 Å². The predicted molar refractivity (Wildman–Crippen MR) is 73.2 cm³/mol. The fourth-order valence-corrected chi connectivity index (χ4v) is 3.46. The molecule has 1 amide bonds. The Morgan fingerprint density at radius 2 is 2.06 bits per heavy atom. The molecular weight excluding hydrogens is 226 g/mol. The Bertz CT molecular complexity index is 316. The maximum Gasteiger partial charge on any atom is 0.223 e. The molecule has 2 atom stereocenters. The van der Waals surface area contributed by atoms with Crippen molar-refractivity contribution in [1.82, 2.24) is 9.80 Å². The fourth-order valence-electron chi connectivity index (χ4n) is 3.46. The summed E-state index contributed by atoms with van der Waals surface area (Å²) in [6.07, 6.45) is 3.74. The van der Waals surface area contributed by atoms with E-state index in [9.17, 15) is 4.79 Å². The van der Waals surface area contributed by atoms with Gasteiger partial charge in [0.25, 0.3) is 0 Å². The molecule has 0 bridgehead atoms. The van der Waals surface area contributed by atoms with Crippen molar-refractivity contribution in [2.75, 3.05) is 26.7 Å². The Kier molecular flexibility index (Phi) is 3.97. The van der Waals surface area contributed by atoms with Crippen LogP contribution in [-0.2, 0) is 4.79 Å². The molecule has 0 saturated carbocycles. The highest BCUT2D eigenvalue weighted by Gasteiger charge is 2.37. The van der Waals surface area contributed by atoms with Gasteiger partial charge in [-0.25, -0.2) is 0 Å². The molecule has 2 aliphatic heterocycles. The van der Waals surface area contributed by atoms with Crippen molar-refractivity contribution in [3.8, 4) is 0 Å². The number of piperidine rings is 1. The van der Waals surface area contributed by atoms with Gasteiger partial charge in [-0.1, -0.05) is 0 Å². The van der Waals surface area contributed by atoms with Crippen LogP contribution in [0.2, 0.25) is 0 Å². The second-order valence-electron chi connectivity index (χ2n) is 6.73. The van der Waals surface area contributed by atoms with Crippen molar-refractivity contribution in [3.63, 3.8) is 0 Å². The summed E-state index contributed by atoms with van der Waals surface area (Å²) in [5.74, 6) is 0.876. The van der Waals surface area contributed by atoms with E-state index in [0.29, 0.717) is 18.2 Å². The molecule has 104 valence electrons. The van der Waals surface area contributed by atoms with E-state index in [-0.39, 0.29) is 11.6 Å². The Hall–Kier alpha value is -0.610. The topological polar surface area (TPSA) is 49.6 Å². The molecule has 4 heteroatoms. The van der Waals surface area contributed by atoms with Crippen molar-refractivity contribution in [2.45, 2.75) is 51.1 Å². The predicted octanol–water partition coefficient (Wildman–Crippen LogP) is 1.06. The number of likely N-dealkylation sites (tertiary alicyclic amines) is 2. The van der Waals surface area contributed by atoms with Gasteiger partial charge >= 0.3 is 0 Å². The normalized spacial score (nSPS) is 32.8. The van der Waals surface area contributed by atoms with Crippen molar-refractivity contribution in [3.05, 3.63) is 0 Å². The van der Waals surface area contributed by atoms with Gasteiger partial charge in [-0.05, 0) is 52.6 Å². The Labute approximate surface area is 110 Å². The van der Waals surface area contributed by atoms with E-state index >= 15 is 0 Å². The average molecular weight is 253 g/mol. The SMILES string of the molecule is CN1CCC(CC(=O)N2CCC(N)CC2(C)C)C1. The molecule has 2 saturated heterocycles. The molecule has 18 heavy (non-hydrogen) atoms. The van der Waals surface area contributed by atoms with Crippen molar-refractivity contribution >= 4 is 5.91 Å². The lowest BCUT2D eigenvalue weighted by atomic mass is 9.86. The molecule has 4 nitrogen and oxygen atoms in total. The number of hydrogen-bond donors (Lipinski definition) is 1. The number of amides is 1. The first-order chi connectivity index (χ1) is 8.38. The van der Waals surface area contributed by atoms with Crippen LogP contribution in [0.25, 0.3) is 0 Å². The minimum atomic E-state index is -0.0702. The minimum absolute atomic E-state index is 0.0702. The standard InChI is InChI=1S/C14H27N3O/c1-14(2)9-12(15)5-7-17(14)13(18)8-11-4-6-16(3)10-11/h11-12H,4-10,15H2,1-3H3. The summed E-state index contributed by atoms with van der Waals surface area (Å²) < 4.78 is 0. The molecule has 0 radical (unpaired) electrons. The van der Waals surface area contributed by atoms with Gasteiger partial charge in [-0.15, -0.1) is 0 Å². The van der Waals surface area contributed by atoms with Crippen molar-refractivity contribution in [2.24, 2.45) is 11.7 Å². The van der Waals surface area contributed by atoms with Crippen molar-refractivity contribution < 1.29 is 4.79 Å². The molecule has 0 aromatic carbocycles. The van der Waals surface area contributed by atoms with Crippen molar-refractivity contribution in [1.29, 1.82) is 0 Å². The van der Waals surface area contributed by atoms with Crippen LogP contribution in [0.3, 0.4) is 0 Å². The van der Waals surface area contributed by atoms with E-state index in [2.05, 4.69) is 30.7 Å². The summed E-state index contributed by atoms with van der Waals surface area (Å²) in [6, 6.07) is 0.252. The molecule has 0 aromatic heterocycles. The highest BCUT2D eigenvalue weighted by atomic mass is 16.2. The van der Waals surface area contributed by atoms with Crippen LogP contribution in [0.1, 0.15) is 39.5 Å². The number of nitrogens with two attached hydrogens (primary N) is 1. The summed E-state index contributed by atoms with van der Waals surface area (Å²) >= 11 is 0. The van der Waals surface area contributed by atoms with Gasteiger partial charge in [0.2, 0.25) is 5.91 Å². The number of carbonyl (C=O) groups is 1. The third kappa shape index (κ3) is 3.04. The summed E-state index contributed by atoms with van der Waals surface area (Å²) in [4.78, 5) is 16.8. The summed E-state index contributed by atoms with van der Waals surface area (Å²) in [5, 5.41) is 0. The fraction of sp³-hybridized carbons (Fsp3) is 0.929. The lowest BCUT2D eigenvalue weighted by Crippen LogP contribution is -2.56. The lowest BCUT2D eigenvalue weighted by Gasteiger charge is -2.45. The first kappa shape index (κ1) is 13.8. The number of hydrogen-bond acceptors (Lipinski definition) is 3. The first-order valence-corrected chi connectivity index (χ1v) is 7.13. The number of nitrogens with zero attached hydrogens (tertiary/aromatic N) is 2. The molecule has 0 spiro atoms. The third-order valence-corrected chi connectivity index (χ3v) is 4.47. The smallest absolute Gasteiger partial charge is 0.223 e. The third-order valence-electron chi connectivity index (χ3n) is 4.47. The van der Waals surface area contributed by atoms with Crippen LogP contribution in [0, 0.1) is 5.92 Å². The van der Waals surface area contributed by atoms with Gasteiger partial charge in [0, 0.05) is 31.1 Å². The van der Waals surface area contributed by atoms with Gasteiger partial charge in [0.15, 0.2) is 0 Å². The second-order valence-corrected chi connectivity index (χ2v) is 6.73. The molecule has 2 aliphatic rings. The average Bonchev–Trinajstić information content (AvgIpc) is 2.61. The van der Waals surface area contributed by atoms with Crippen LogP contribution in [0.15, 0.2) is 0 Å².